The minimum Gasteiger partial charge on any atom is -0.497 e. The molecule has 1 aromatic heterocycles. The fourth-order valence-electron chi connectivity index (χ4n) is 1.95. The highest BCUT2D eigenvalue weighted by Gasteiger charge is 2.15. The van der Waals surface area contributed by atoms with Crippen molar-refractivity contribution in [3.63, 3.8) is 0 Å². The molecule has 7 heteroatoms. The summed E-state index contributed by atoms with van der Waals surface area (Å²) in [7, 11) is 3.20. The monoisotopic (exact) mass is 334 g/mol. The molecule has 6 nitrogen and oxygen atoms in total. The highest BCUT2D eigenvalue weighted by atomic mass is 32.1. The van der Waals surface area contributed by atoms with E-state index in [1.807, 2.05) is 16.8 Å². The second-order valence-electron chi connectivity index (χ2n) is 4.90. The minimum absolute atomic E-state index is 0.186. The van der Waals surface area contributed by atoms with Crippen molar-refractivity contribution < 1.29 is 19.1 Å². The zero-order valence-electron chi connectivity index (χ0n) is 12.9. The van der Waals surface area contributed by atoms with Crippen molar-refractivity contribution >= 4 is 23.2 Å². The third-order valence-corrected chi connectivity index (χ3v) is 3.96. The number of methoxy groups -OCH3 is 1. The van der Waals surface area contributed by atoms with E-state index in [2.05, 4.69) is 0 Å². The summed E-state index contributed by atoms with van der Waals surface area (Å²) < 4.78 is 10.6. The van der Waals surface area contributed by atoms with Crippen molar-refractivity contribution in [2.45, 2.75) is 6.54 Å². The zero-order chi connectivity index (χ0) is 16.8. The number of thiophene rings is 1. The number of carbonyl (C=O) groups is 2. The topological polar surface area (TPSA) is 81.9 Å². The van der Waals surface area contributed by atoms with Crippen LogP contribution in [0.25, 0.3) is 0 Å². The van der Waals surface area contributed by atoms with Gasteiger partial charge >= 0.3 is 0 Å². The lowest BCUT2D eigenvalue weighted by atomic mass is 10.2. The molecule has 2 amide bonds. The van der Waals surface area contributed by atoms with Crippen molar-refractivity contribution in [1.82, 2.24) is 4.90 Å². The third kappa shape index (κ3) is 4.46. The maximum absolute atomic E-state index is 12.1. The van der Waals surface area contributed by atoms with E-state index >= 15 is 0 Å². The normalized spacial score (nSPS) is 10.2. The molecule has 2 N–H and O–H groups in total. The summed E-state index contributed by atoms with van der Waals surface area (Å²) in [6, 6.07) is 6.61. The van der Waals surface area contributed by atoms with E-state index in [9.17, 15) is 9.59 Å². The van der Waals surface area contributed by atoms with Gasteiger partial charge in [0, 0.05) is 19.7 Å². The Hall–Kier alpha value is -2.54. The van der Waals surface area contributed by atoms with E-state index < -0.39 is 5.91 Å². The second-order valence-corrected chi connectivity index (χ2v) is 5.68. The molecular weight excluding hydrogens is 316 g/mol. The molecular formula is C16H18N2O4S. The van der Waals surface area contributed by atoms with Crippen molar-refractivity contribution in [1.29, 1.82) is 0 Å². The first-order valence-electron chi connectivity index (χ1n) is 6.87. The van der Waals surface area contributed by atoms with Crippen LogP contribution in [0, 0.1) is 0 Å². The van der Waals surface area contributed by atoms with Crippen LogP contribution in [0.15, 0.2) is 35.0 Å². The average molecular weight is 334 g/mol. The first-order chi connectivity index (χ1) is 11.0. The molecule has 0 unspecified atom stereocenters. The molecule has 0 aliphatic rings. The molecule has 1 heterocycles. The Bertz CT molecular complexity index is 685. The largest absolute Gasteiger partial charge is 0.497 e. The molecule has 0 atom stereocenters. The van der Waals surface area contributed by atoms with E-state index in [4.69, 9.17) is 15.2 Å². The number of likely N-dealkylation sites (N-methyl/N-ethyl adjacent to an activating group) is 1. The van der Waals surface area contributed by atoms with Crippen molar-refractivity contribution in [3.8, 4) is 11.5 Å². The molecule has 0 aliphatic carbocycles. The Morgan fingerprint density at radius 2 is 2.09 bits per heavy atom. The van der Waals surface area contributed by atoms with Gasteiger partial charge in [-0.1, -0.05) is 0 Å². The van der Waals surface area contributed by atoms with Gasteiger partial charge in [-0.15, -0.1) is 0 Å². The van der Waals surface area contributed by atoms with Crippen LogP contribution in [0.4, 0.5) is 0 Å². The Kier molecular flexibility index (Phi) is 5.59. The van der Waals surface area contributed by atoms with Gasteiger partial charge in [-0.3, -0.25) is 9.59 Å². The van der Waals surface area contributed by atoms with Crippen LogP contribution in [0.3, 0.4) is 0 Å². The summed E-state index contributed by atoms with van der Waals surface area (Å²) in [5, 5.41) is 3.94. The molecule has 2 aromatic rings. The summed E-state index contributed by atoms with van der Waals surface area (Å²) in [6.45, 7) is 0.320. The van der Waals surface area contributed by atoms with Gasteiger partial charge in [0.25, 0.3) is 11.8 Å². The number of nitrogens with two attached hydrogens (primary N) is 1. The van der Waals surface area contributed by atoms with Crippen LogP contribution in [-0.4, -0.2) is 37.5 Å². The number of amides is 2. The highest BCUT2D eigenvalue weighted by molar-refractivity contribution is 7.07. The van der Waals surface area contributed by atoms with Crippen molar-refractivity contribution in [2.75, 3.05) is 20.8 Å². The number of rotatable bonds is 7. The number of benzene rings is 1. The minimum atomic E-state index is -0.623. The van der Waals surface area contributed by atoms with Crippen LogP contribution < -0.4 is 15.2 Å². The Balaban J connectivity index is 2.01. The zero-order valence-corrected chi connectivity index (χ0v) is 13.8. The van der Waals surface area contributed by atoms with Crippen LogP contribution >= 0.6 is 11.3 Å². The quantitative estimate of drug-likeness (QED) is 0.838. The number of hydrogen-bond acceptors (Lipinski definition) is 5. The lowest BCUT2D eigenvalue weighted by Crippen LogP contribution is -2.31. The summed E-state index contributed by atoms with van der Waals surface area (Å²) >= 11 is 1.58. The maximum Gasteiger partial charge on any atom is 0.260 e. The van der Waals surface area contributed by atoms with E-state index in [-0.39, 0.29) is 23.8 Å². The van der Waals surface area contributed by atoms with Crippen molar-refractivity contribution in [2.24, 2.45) is 5.73 Å². The number of ether oxygens (including phenoxy) is 2. The van der Waals surface area contributed by atoms with Crippen molar-refractivity contribution in [3.05, 3.63) is 46.2 Å². The molecule has 2 rings (SSSR count). The van der Waals surface area contributed by atoms with Crippen LogP contribution in [-0.2, 0) is 11.3 Å². The van der Waals surface area contributed by atoms with Gasteiger partial charge in [-0.05, 0) is 34.5 Å². The molecule has 23 heavy (non-hydrogen) atoms. The van der Waals surface area contributed by atoms with E-state index in [0.717, 1.165) is 5.56 Å². The van der Waals surface area contributed by atoms with Gasteiger partial charge in [0.2, 0.25) is 0 Å². The summed E-state index contributed by atoms with van der Waals surface area (Å²) in [5.41, 5.74) is 6.58. The van der Waals surface area contributed by atoms with Gasteiger partial charge in [0.1, 0.15) is 11.5 Å². The van der Waals surface area contributed by atoms with Gasteiger partial charge in [0.05, 0.1) is 12.7 Å². The molecule has 0 radical (unpaired) electrons. The number of carbonyl (C=O) groups excluding carboxylic acids is 2. The van der Waals surface area contributed by atoms with Gasteiger partial charge in [0.15, 0.2) is 6.61 Å². The SMILES string of the molecule is COc1ccc(C(N)=O)c(OCC(=O)N(C)Cc2ccsc2)c1. The molecule has 0 spiro atoms. The summed E-state index contributed by atoms with van der Waals surface area (Å²) in [4.78, 5) is 25.1. The number of nitrogens with zero attached hydrogens (tertiary/aromatic N) is 1. The molecule has 0 bridgehead atoms. The Morgan fingerprint density at radius 1 is 1.30 bits per heavy atom. The number of primary amides is 1. The van der Waals surface area contributed by atoms with E-state index in [1.54, 1.807) is 29.4 Å². The molecule has 0 saturated carbocycles. The van der Waals surface area contributed by atoms with Crippen LogP contribution in [0.1, 0.15) is 15.9 Å². The summed E-state index contributed by atoms with van der Waals surface area (Å²) in [6.07, 6.45) is 0. The fourth-order valence-corrected chi connectivity index (χ4v) is 2.61. The predicted octanol–water partition coefficient (Wildman–Crippen LogP) is 1.89. The van der Waals surface area contributed by atoms with Gasteiger partial charge in [-0.25, -0.2) is 0 Å². The van der Waals surface area contributed by atoms with Gasteiger partial charge < -0.3 is 20.1 Å². The molecule has 0 fully saturated rings. The highest BCUT2D eigenvalue weighted by Crippen LogP contribution is 2.24. The third-order valence-electron chi connectivity index (χ3n) is 3.23. The maximum atomic E-state index is 12.1. The first kappa shape index (κ1) is 16.8. The lowest BCUT2D eigenvalue weighted by Gasteiger charge is -2.17. The Morgan fingerprint density at radius 3 is 2.70 bits per heavy atom. The molecule has 0 aliphatic heterocycles. The standard InChI is InChI=1S/C16H18N2O4S/c1-18(8-11-5-6-23-10-11)15(19)9-22-14-7-12(21-2)3-4-13(14)16(17)20/h3-7,10H,8-9H2,1-2H3,(H2,17,20). The van der Waals surface area contributed by atoms with E-state index in [1.165, 1.54) is 19.2 Å². The average Bonchev–Trinajstić information content (AvgIpc) is 3.04. The van der Waals surface area contributed by atoms with Crippen LogP contribution in [0.2, 0.25) is 0 Å². The molecule has 1 aromatic carbocycles. The lowest BCUT2D eigenvalue weighted by molar-refractivity contribution is -0.132. The fraction of sp³-hybridized carbons (Fsp3) is 0.250. The Labute approximate surface area is 138 Å². The first-order valence-corrected chi connectivity index (χ1v) is 7.81. The van der Waals surface area contributed by atoms with E-state index in [0.29, 0.717) is 12.3 Å². The van der Waals surface area contributed by atoms with Crippen LogP contribution in [0.5, 0.6) is 11.5 Å². The summed E-state index contributed by atoms with van der Waals surface area (Å²) in [5.74, 6) is -0.0746. The predicted molar refractivity (Wildman–Crippen MR) is 87.8 cm³/mol. The smallest absolute Gasteiger partial charge is 0.260 e. The van der Waals surface area contributed by atoms with Gasteiger partial charge in [-0.2, -0.15) is 11.3 Å². The molecule has 0 saturated heterocycles. The second kappa shape index (κ2) is 7.64. The molecule has 122 valence electrons. The number of hydrogen-bond donors (Lipinski definition) is 1.